The molecule has 0 fully saturated rings. The predicted molar refractivity (Wildman–Crippen MR) is 111 cm³/mol. The lowest BCUT2D eigenvalue weighted by molar-refractivity contribution is 0.0993. The Morgan fingerprint density at radius 1 is 0.964 bits per heavy atom. The molecular weight excluding hydrogens is 350 g/mol. The Morgan fingerprint density at radius 3 is 2.29 bits per heavy atom. The van der Waals surface area contributed by atoms with Gasteiger partial charge in [-0.2, -0.15) is 4.73 Å². The molecule has 0 amide bonds. The lowest BCUT2D eigenvalue weighted by Crippen LogP contribution is -2.09. The zero-order chi connectivity index (χ0) is 19.7. The highest BCUT2D eigenvalue weighted by Gasteiger charge is 2.12. The maximum Gasteiger partial charge on any atom is 0.176 e. The summed E-state index contributed by atoms with van der Waals surface area (Å²) in [5, 5.41) is 10.4. The molecule has 0 bridgehead atoms. The van der Waals surface area contributed by atoms with E-state index in [1.807, 2.05) is 91.8 Å². The fourth-order valence-corrected chi connectivity index (χ4v) is 3.20. The van der Waals surface area contributed by atoms with Crippen molar-refractivity contribution in [2.45, 2.75) is 6.42 Å². The van der Waals surface area contributed by atoms with E-state index >= 15 is 0 Å². The van der Waals surface area contributed by atoms with Crippen molar-refractivity contribution in [2.24, 2.45) is 0 Å². The largest absolute Gasteiger partial charge is 0.426 e. The monoisotopic (exact) mass is 371 g/mol. The number of rotatable bonds is 5. The maximum absolute atomic E-state index is 12.6. The second-order valence-corrected chi connectivity index (χ2v) is 6.97. The number of fused-ring (bicyclic) bond motifs is 1. The molecule has 1 N–H and O–H groups in total. The smallest absolute Gasteiger partial charge is 0.176 e. The van der Waals surface area contributed by atoms with Crippen LogP contribution >= 0.6 is 0 Å². The molecule has 4 rings (SSSR count). The molecule has 0 radical (unpaired) electrons. The zero-order valence-corrected chi connectivity index (χ0v) is 15.8. The number of benzene rings is 3. The van der Waals surface area contributed by atoms with Gasteiger partial charge in [-0.1, -0.05) is 36.4 Å². The SMILES string of the molecule is CN(C)c1ccc(C(=O)Cc2ccc(-c3nc4ccccc4n3O)cc2)cc1. The minimum Gasteiger partial charge on any atom is -0.426 e. The van der Waals surface area contributed by atoms with Gasteiger partial charge in [0, 0.05) is 37.3 Å². The van der Waals surface area contributed by atoms with Crippen molar-refractivity contribution in [1.29, 1.82) is 0 Å². The zero-order valence-electron chi connectivity index (χ0n) is 15.8. The molecule has 0 aliphatic heterocycles. The second kappa shape index (κ2) is 7.19. The van der Waals surface area contributed by atoms with Crippen LogP contribution in [0, 0.1) is 0 Å². The van der Waals surface area contributed by atoms with Gasteiger partial charge in [0.15, 0.2) is 11.6 Å². The van der Waals surface area contributed by atoms with Gasteiger partial charge < -0.3 is 10.1 Å². The summed E-state index contributed by atoms with van der Waals surface area (Å²) in [5.74, 6) is 0.561. The Hall–Kier alpha value is -3.60. The molecule has 0 saturated carbocycles. The van der Waals surface area contributed by atoms with Crippen LogP contribution in [0.1, 0.15) is 15.9 Å². The van der Waals surface area contributed by atoms with Gasteiger partial charge in [-0.05, 0) is 42.0 Å². The number of ketones is 1. The Morgan fingerprint density at radius 2 is 1.64 bits per heavy atom. The Labute approximate surface area is 163 Å². The van der Waals surface area contributed by atoms with Gasteiger partial charge >= 0.3 is 0 Å². The van der Waals surface area contributed by atoms with Gasteiger partial charge in [0.25, 0.3) is 0 Å². The van der Waals surface area contributed by atoms with Gasteiger partial charge in [0.2, 0.25) is 0 Å². The number of aromatic nitrogens is 2. The summed E-state index contributed by atoms with van der Waals surface area (Å²) in [7, 11) is 3.94. The first-order chi connectivity index (χ1) is 13.5. The second-order valence-electron chi connectivity index (χ2n) is 6.97. The summed E-state index contributed by atoms with van der Waals surface area (Å²) in [6, 6.07) is 22.6. The molecule has 5 nitrogen and oxygen atoms in total. The van der Waals surface area contributed by atoms with Crippen LogP contribution in [0.25, 0.3) is 22.4 Å². The minimum atomic E-state index is 0.0763. The number of hydrogen-bond acceptors (Lipinski definition) is 4. The van der Waals surface area contributed by atoms with E-state index in [9.17, 15) is 10.0 Å². The van der Waals surface area contributed by atoms with Crippen molar-refractivity contribution in [3.8, 4) is 11.4 Å². The van der Waals surface area contributed by atoms with E-state index < -0.39 is 0 Å². The first-order valence-electron chi connectivity index (χ1n) is 9.09. The molecule has 0 unspecified atom stereocenters. The van der Waals surface area contributed by atoms with Crippen molar-refractivity contribution in [1.82, 2.24) is 9.71 Å². The molecule has 0 saturated heterocycles. The molecule has 4 aromatic rings. The first-order valence-corrected chi connectivity index (χ1v) is 9.09. The molecule has 28 heavy (non-hydrogen) atoms. The molecule has 0 aliphatic carbocycles. The number of anilines is 1. The van der Waals surface area contributed by atoms with Gasteiger partial charge in [0.1, 0.15) is 5.52 Å². The Bertz CT molecular complexity index is 1130. The van der Waals surface area contributed by atoms with Crippen LogP contribution in [-0.2, 0) is 6.42 Å². The Balaban J connectivity index is 1.53. The molecule has 3 aromatic carbocycles. The van der Waals surface area contributed by atoms with Crippen LogP contribution in [-0.4, -0.2) is 34.8 Å². The Kier molecular flexibility index (Phi) is 4.57. The topological polar surface area (TPSA) is 58.4 Å². The molecular formula is C23H21N3O2. The highest BCUT2D eigenvalue weighted by molar-refractivity contribution is 5.97. The van der Waals surface area contributed by atoms with E-state index in [2.05, 4.69) is 4.98 Å². The summed E-state index contributed by atoms with van der Waals surface area (Å²) in [4.78, 5) is 19.0. The fraction of sp³-hybridized carbons (Fsp3) is 0.130. The van der Waals surface area contributed by atoms with E-state index in [4.69, 9.17) is 0 Å². The number of carbonyl (C=O) groups excluding carboxylic acids is 1. The van der Waals surface area contributed by atoms with E-state index in [0.29, 0.717) is 23.3 Å². The number of hydrogen-bond donors (Lipinski definition) is 1. The molecule has 0 spiro atoms. The first kappa shape index (κ1) is 17.8. The van der Waals surface area contributed by atoms with Crippen LogP contribution < -0.4 is 4.90 Å². The number of carbonyl (C=O) groups is 1. The van der Waals surface area contributed by atoms with Crippen molar-refractivity contribution in [3.05, 3.63) is 83.9 Å². The highest BCUT2D eigenvalue weighted by atomic mass is 16.5. The average Bonchev–Trinajstić information content (AvgIpc) is 3.05. The highest BCUT2D eigenvalue weighted by Crippen LogP contribution is 2.24. The molecule has 140 valence electrons. The van der Waals surface area contributed by atoms with Crippen LogP contribution in [0.2, 0.25) is 0 Å². The van der Waals surface area contributed by atoms with E-state index in [1.54, 1.807) is 0 Å². The third-order valence-electron chi connectivity index (χ3n) is 4.82. The lowest BCUT2D eigenvalue weighted by Gasteiger charge is -2.12. The molecule has 0 atom stereocenters. The standard InChI is InChI=1S/C23H21N3O2/c1-25(2)19-13-11-17(12-14-19)22(27)15-16-7-9-18(10-8-16)23-24-20-5-3-4-6-21(20)26(23)28/h3-14,28H,15H2,1-2H3. The fourth-order valence-electron chi connectivity index (χ4n) is 3.20. The van der Waals surface area contributed by atoms with Crippen LogP contribution in [0.5, 0.6) is 0 Å². The quantitative estimate of drug-likeness (QED) is 0.416. The third kappa shape index (κ3) is 3.34. The predicted octanol–water partition coefficient (Wildman–Crippen LogP) is 4.43. The summed E-state index contributed by atoms with van der Waals surface area (Å²) < 4.78 is 1.10. The van der Waals surface area contributed by atoms with Crippen LogP contribution in [0.3, 0.4) is 0 Å². The number of nitrogens with zero attached hydrogens (tertiary/aromatic N) is 3. The van der Waals surface area contributed by atoms with Gasteiger partial charge in [-0.3, -0.25) is 4.79 Å². The molecule has 1 heterocycles. The van der Waals surface area contributed by atoms with Crippen LogP contribution in [0.4, 0.5) is 5.69 Å². The van der Waals surface area contributed by atoms with Crippen molar-refractivity contribution in [2.75, 3.05) is 19.0 Å². The van der Waals surface area contributed by atoms with Gasteiger partial charge in [0.05, 0.1) is 5.52 Å². The van der Waals surface area contributed by atoms with Crippen molar-refractivity contribution >= 4 is 22.5 Å². The third-order valence-corrected chi connectivity index (χ3v) is 4.82. The van der Waals surface area contributed by atoms with Gasteiger partial charge in [-0.15, -0.1) is 0 Å². The number of imidazole rings is 1. The summed E-state index contributed by atoms with van der Waals surface area (Å²) in [6.07, 6.45) is 0.330. The lowest BCUT2D eigenvalue weighted by atomic mass is 10.0. The van der Waals surface area contributed by atoms with Crippen molar-refractivity contribution in [3.63, 3.8) is 0 Å². The summed E-state index contributed by atoms with van der Waals surface area (Å²) >= 11 is 0. The number of Topliss-reactive ketones (excluding diaryl/α,β-unsaturated/α-hetero) is 1. The van der Waals surface area contributed by atoms with Crippen molar-refractivity contribution < 1.29 is 10.0 Å². The average molecular weight is 371 g/mol. The molecule has 0 aliphatic rings. The summed E-state index contributed by atoms with van der Waals surface area (Å²) in [5.41, 5.74) is 4.88. The molecule has 1 aromatic heterocycles. The van der Waals surface area contributed by atoms with E-state index in [0.717, 1.165) is 27.1 Å². The summed E-state index contributed by atoms with van der Waals surface area (Å²) in [6.45, 7) is 0. The maximum atomic E-state index is 12.6. The van der Waals surface area contributed by atoms with Crippen LogP contribution in [0.15, 0.2) is 72.8 Å². The van der Waals surface area contributed by atoms with Gasteiger partial charge in [-0.25, -0.2) is 4.98 Å². The number of para-hydroxylation sites is 2. The normalized spacial score (nSPS) is 10.9. The minimum absolute atomic E-state index is 0.0763. The van der Waals surface area contributed by atoms with E-state index in [-0.39, 0.29) is 5.78 Å². The molecule has 5 heteroatoms. The van der Waals surface area contributed by atoms with E-state index in [1.165, 1.54) is 0 Å².